The van der Waals surface area contributed by atoms with E-state index >= 15 is 8.78 Å². The summed E-state index contributed by atoms with van der Waals surface area (Å²) in [4.78, 5) is 62.9. The number of imide groups is 1. The van der Waals surface area contributed by atoms with Crippen LogP contribution in [0.2, 0.25) is 5.02 Å². The van der Waals surface area contributed by atoms with Gasteiger partial charge in [0.1, 0.15) is 41.2 Å². The number of aromatic hydroxyl groups is 1. The number of piperazine rings is 1. The minimum Gasteiger partial charge on any atom is -0.508 e. The fourth-order valence-electron chi connectivity index (χ4n) is 13.0. The highest BCUT2D eigenvalue weighted by atomic mass is 35.5. The SMILES string of the molecule is C#Cc1c(F)ccc2cc(O)cc(-c3ncc4c(N5CC6CCC(C5)N6)nc(OCCN5CCC6(CC5)CCN(CC5CCN(c7ccc8c(c7Cl)CN(C7CCC(=O)NC7=O)C8=O)CC5)CC6)nc4c3F)c12. The first-order chi connectivity index (χ1) is 35.4. The number of nitrogens with one attached hydrogen (secondary N) is 2. The largest absolute Gasteiger partial charge is 0.508 e. The smallest absolute Gasteiger partial charge is 0.319 e. The molecule has 73 heavy (non-hydrogen) atoms. The molecule has 0 radical (unpaired) electrons. The van der Waals surface area contributed by atoms with Crippen LogP contribution in [0.3, 0.4) is 0 Å². The van der Waals surface area contributed by atoms with Crippen molar-refractivity contribution in [2.24, 2.45) is 11.3 Å². The molecule has 7 aliphatic rings. The maximum Gasteiger partial charge on any atom is 0.319 e. The summed E-state index contributed by atoms with van der Waals surface area (Å²) in [5.41, 5.74) is 2.62. The number of aromatic nitrogens is 3. The Kier molecular flexibility index (Phi) is 12.6. The molecule has 3 atom stereocenters. The molecule has 5 aromatic rings. The summed E-state index contributed by atoms with van der Waals surface area (Å²) in [5, 5.41) is 18.5. The number of ether oxygens (including phenoxy) is 1. The summed E-state index contributed by atoms with van der Waals surface area (Å²) >= 11 is 7.02. The van der Waals surface area contributed by atoms with Crippen molar-refractivity contribution in [3.8, 4) is 35.4 Å². The van der Waals surface area contributed by atoms with Gasteiger partial charge in [0.2, 0.25) is 11.8 Å². The zero-order valence-electron chi connectivity index (χ0n) is 40.8. The van der Waals surface area contributed by atoms with Gasteiger partial charge in [0.15, 0.2) is 5.82 Å². The third kappa shape index (κ3) is 8.97. The summed E-state index contributed by atoms with van der Waals surface area (Å²) in [6.07, 6.45) is 16.7. The lowest BCUT2D eigenvalue weighted by Crippen LogP contribution is -2.52. The molecule has 6 fully saturated rings. The minimum absolute atomic E-state index is 0.0325. The topological polar surface area (TPSA) is 160 Å². The van der Waals surface area contributed by atoms with Crippen molar-refractivity contribution in [1.82, 2.24) is 40.3 Å². The number of fused-ring (bicyclic) bond motifs is 5. The molecule has 7 aliphatic heterocycles. The normalized spacial score (nSPS) is 23.7. The standard InChI is InChI=1S/C55H59ClF2N10O5/c1-2-37-42(57)7-3-33-25-36(69)26-39(46(33)37)49-48(58)50-40(27-59-49)51(67-29-34-4-5-35(30-67)60-34)63-54(62-50)73-24-23-64-19-13-55(14-20-64)15-21-65(22-16-55)28-32-11-17-66(18-12-32)43-8-6-38-41(47(43)56)31-68(53(38)72)44-9-10-45(70)61-52(44)71/h1,3,6-8,25-27,32,34-35,44,60,69H,4-5,9-24,28-31H2,(H,61,70,71). The van der Waals surface area contributed by atoms with E-state index in [1.165, 1.54) is 37.1 Å². The second-order valence-corrected chi connectivity index (χ2v) is 21.8. The highest BCUT2D eigenvalue weighted by Gasteiger charge is 2.42. The van der Waals surface area contributed by atoms with E-state index in [4.69, 9.17) is 27.7 Å². The number of nitrogens with zero attached hydrogens (tertiary/aromatic N) is 8. The number of phenolic OH excluding ortho intramolecular Hbond substituents is 1. The summed E-state index contributed by atoms with van der Waals surface area (Å²) in [6, 6.07) is 9.35. The van der Waals surface area contributed by atoms with Crippen LogP contribution in [-0.2, 0) is 16.1 Å². The molecule has 3 unspecified atom stereocenters. The van der Waals surface area contributed by atoms with Gasteiger partial charge in [-0.05, 0) is 131 Å². The van der Waals surface area contributed by atoms with Crippen molar-refractivity contribution in [1.29, 1.82) is 0 Å². The zero-order chi connectivity index (χ0) is 50.1. The Bertz CT molecular complexity index is 3080. The molecule has 2 aromatic heterocycles. The van der Waals surface area contributed by atoms with Crippen LogP contribution in [0.15, 0.2) is 42.6 Å². The Morgan fingerprint density at radius 2 is 1.62 bits per heavy atom. The van der Waals surface area contributed by atoms with E-state index < -0.39 is 23.6 Å². The van der Waals surface area contributed by atoms with Gasteiger partial charge in [-0.15, -0.1) is 6.42 Å². The number of phenols is 1. The number of amides is 3. The van der Waals surface area contributed by atoms with Gasteiger partial charge in [-0.2, -0.15) is 9.97 Å². The van der Waals surface area contributed by atoms with Crippen molar-refractivity contribution in [3.05, 3.63) is 75.9 Å². The highest BCUT2D eigenvalue weighted by molar-refractivity contribution is 6.35. The van der Waals surface area contributed by atoms with Gasteiger partial charge in [0.05, 0.1) is 21.7 Å². The van der Waals surface area contributed by atoms with Crippen molar-refractivity contribution >= 4 is 62.5 Å². The van der Waals surface area contributed by atoms with E-state index in [0.717, 1.165) is 95.6 Å². The predicted molar refractivity (Wildman–Crippen MR) is 274 cm³/mol. The summed E-state index contributed by atoms with van der Waals surface area (Å²) in [7, 11) is 0. The lowest BCUT2D eigenvalue weighted by atomic mass is 9.71. The van der Waals surface area contributed by atoms with E-state index in [1.54, 1.807) is 11.1 Å². The van der Waals surface area contributed by atoms with E-state index in [9.17, 15) is 19.5 Å². The predicted octanol–water partition coefficient (Wildman–Crippen LogP) is 6.64. The number of rotatable bonds is 10. The van der Waals surface area contributed by atoms with Crippen LogP contribution < -0.4 is 25.2 Å². The van der Waals surface area contributed by atoms with Crippen LogP contribution in [0.4, 0.5) is 20.3 Å². The van der Waals surface area contributed by atoms with Crippen LogP contribution in [0, 0.1) is 35.3 Å². The molecule has 9 heterocycles. The molecule has 12 rings (SSSR count). The van der Waals surface area contributed by atoms with Crippen molar-refractivity contribution in [2.75, 3.05) is 81.9 Å². The number of likely N-dealkylation sites (tertiary alicyclic amines) is 2. The van der Waals surface area contributed by atoms with Gasteiger partial charge in [0, 0.05) is 92.6 Å². The number of hydrogen-bond donors (Lipinski definition) is 3. The fraction of sp³-hybridized carbons (Fsp3) is 0.491. The van der Waals surface area contributed by atoms with Gasteiger partial charge < -0.3 is 34.8 Å². The molecular weight excluding hydrogens is 954 g/mol. The first kappa shape index (κ1) is 47.8. The number of anilines is 2. The number of terminal acetylenes is 1. The molecule has 3 aromatic carbocycles. The van der Waals surface area contributed by atoms with E-state index in [2.05, 4.69) is 46.1 Å². The fourth-order valence-corrected chi connectivity index (χ4v) is 13.4. The minimum atomic E-state index is -0.735. The Labute approximate surface area is 427 Å². The van der Waals surface area contributed by atoms with Crippen LogP contribution in [-0.4, -0.2) is 143 Å². The monoisotopic (exact) mass is 1010 g/mol. The third-order valence-electron chi connectivity index (χ3n) is 17.2. The second kappa shape index (κ2) is 19.3. The number of hydrogen-bond acceptors (Lipinski definition) is 13. The Hall–Kier alpha value is -6.19. The highest BCUT2D eigenvalue weighted by Crippen LogP contribution is 2.44. The summed E-state index contributed by atoms with van der Waals surface area (Å²) in [5.74, 6) is 1.13. The summed E-state index contributed by atoms with van der Waals surface area (Å²) in [6.45, 7) is 9.73. The van der Waals surface area contributed by atoms with Gasteiger partial charge in [-0.25, -0.2) is 8.78 Å². The third-order valence-corrected chi connectivity index (χ3v) is 17.6. The van der Waals surface area contributed by atoms with Gasteiger partial charge in [0.25, 0.3) is 5.91 Å². The molecule has 3 amide bonds. The molecule has 380 valence electrons. The maximum absolute atomic E-state index is 17.1. The average Bonchev–Trinajstić information content (AvgIpc) is 3.92. The Morgan fingerprint density at radius 3 is 2.34 bits per heavy atom. The van der Waals surface area contributed by atoms with E-state index in [0.29, 0.717) is 83.3 Å². The molecule has 0 aliphatic carbocycles. The molecule has 2 bridgehead atoms. The molecule has 1 spiro atoms. The van der Waals surface area contributed by atoms with E-state index in [1.807, 2.05) is 12.1 Å². The van der Waals surface area contributed by atoms with Gasteiger partial charge in [-0.3, -0.25) is 29.6 Å². The van der Waals surface area contributed by atoms with E-state index in [-0.39, 0.29) is 64.3 Å². The van der Waals surface area contributed by atoms with Crippen LogP contribution in [0.1, 0.15) is 85.7 Å². The van der Waals surface area contributed by atoms with Gasteiger partial charge >= 0.3 is 6.01 Å². The number of carbonyl (C=O) groups is 3. The van der Waals surface area contributed by atoms with Crippen LogP contribution in [0.5, 0.6) is 11.8 Å². The molecule has 0 saturated carbocycles. The van der Waals surface area contributed by atoms with Gasteiger partial charge in [-0.1, -0.05) is 23.6 Å². The first-order valence-electron chi connectivity index (χ1n) is 26.0. The number of carbonyl (C=O) groups excluding carboxylic acids is 3. The van der Waals surface area contributed by atoms with Crippen LogP contribution in [0.25, 0.3) is 32.9 Å². The number of benzene rings is 3. The molecular formula is C55H59ClF2N10O5. The maximum atomic E-state index is 17.1. The first-order valence-corrected chi connectivity index (χ1v) is 26.4. The average molecular weight is 1010 g/mol. The molecule has 15 nitrogen and oxygen atoms in total. The molecule has 3 N–H and O–H groups in total. The number of halogens is 3. The summed E-state index contributed by atoms with van der Waals surface area (Å²) < 4.78 is 38.4. The zero-order valence-corrected chi connectivity index (χ0v) is 41.5. The van der Waals surface area contributed by atoms with Crippen molar-refractivity contribution in [2.45, 2.75) is 88.9 Å². The lowest BCUT2D eigenvalue weighted by molar-refractivity contribution is -0.136. The number of piperidine rings is 4. The Morgan fingerprint density at radius 1 is 0.877 bits per heavy atom. The number of pyridine rings is 1. The van der Waals surface area contributed by atoms with Crippen molar-refractivity contribution in [3.63, 3.8) is 0 Å². The lowest BCUT2D eigenvalue weighted by Gasteiger charge is -2.47. The van der Waals surface area contributed by atoms with Crippen LogP contribution >= 0.6 is 11.6 Å². The quantitative estimate of drug-likeness (QED) is 0.101. The molecule has 6 saturated heterocycles. The molecule has 18 heteroatoms. The van der Waals surface area contributed by atoms with Crippen molar-refractivity contribution < 1.29 is 33.0 Å². The Balaban J connectivity index is 0.652. The second-order valence-electron chi connectivity index (χ2n) is 21.5.